The molecule has 2 aromatic rings. The smallest absolute Gasteiger partial charge is 0.134 e. The van der Waals surface area contributed by atoms with Crippen LogP contribution in [0.2, 0.25) is 0 Å². The third-order valence-electron chi connectivity index (χ3n) is 2.09. The topological polar surface area (TPSA) is 13.1 Å². The van der Waals surface area contributed by atoms with Gasteiger partial charge in [0.05, 0.1) is 0 Å². The van der Waals surface area contributed by atoms with Crippen LogP contribution in [0.3, 0.4) is 0 Å². The van der Waals surface area contributed by atoms with Gasteiger partial charge in [0.2, 0.25) is 0 Å². The number of furan rings is 1. The maximum Gasteiger partial charge on any atom is 0.134 e. The molecule has 0 radical (unpaired) electrons. The summed E-state index contributed by atoms with van der Waals surface area (Å²) in [5, 5.41) is 1.15. The van der Waals surface area contributed by atoms with Crippen molar-refractivity contribution in [3.8, 4) is 0 Å². The second kappa shape index (κ2) is 2.77. The molecule has 1 heterocycles. The maximum atomic E-state index is 5.58. The Kier molecular flexibility index (Phi) is 1.73. The van der Waals surface area contributed by atoms with Crippen LogP contribution in [0.5, 0.6) is 0 Å². The van der Waals surface area contributed by atoms with Crippen LogP contribution in [-0.4, -0.2) is 0 Å². The van der Waals surface area contributed by atoms with Crippen LogP contribution < -0.4 is 0 Å². The SMILES string of the molecule is C=C(C)c1cc2cc(C)ccc2o1. The summed E-state index contributed by atoms with van der Waals surface area (Å²) in [6.45, 7) is 7.87. The number of benzene rings is 1. The fourth-order valence-electron chi connectivity index (χ4n) is 1.37. The fraction of sp³-hybridized carbons (Fsp3) is 0.167. The fourth-order valence-corrected chi connectivity index (χ4v) is 1.37. The molecule has 0 N–H and O–H groups in total. The van der Waals surface area contributed by atoms with E-state index >= 15 is 0 Å². The lowest BCUT2D eigenvalue weighted by Gasteiger charge is -1.90. The lowest BCUT2D eigenvalue weighted by molar-refractivity contribution is 0.599. The van der Waals surface area contributed by atoms with Crippen LogP contribution >= 0.6 is 0 Å². The number of hydrogen-bond acceptors (Lipinski definition) is 1. The van der Waals surface area contributed by atoms with Gasteiger partial charge in [-0.1, -0.05) is 18.2 Å². The van der Waals surface area contributed by atoms with Gasteiger partial charge in [-0.05, 0) is 37.6 Å². The van der Waals surface area contributed by atoms with Crippen LogP contribution in [0.25, 0.3) is 16.5 Å². The zero-order valence-corrected chi connectivity index (χ0v) is 7.92. The Hall–Kier alpha value is -1.50. The highest BCUT2D eigenvalue weighted by molar-refractivity contribution is 5.81. The van der Waals surface area contributed by atoms with Gasteiger partial charge in [0.25, 0.3) is 0 Å². The first-order valence-electron chi connectivity index (χ1n) is 4.33. The van der Waals surface area contributed by atoms with Crippen molar-refractivity contribution in [3.05, 3.63) is 42.2 Å². The minimum atomic E-state index is 0.876. The monoisotopic (exact) mass is 172 g/mol. The molecule has 0 spiro atoms. The molecule has 0 bridgehead atoms. The van der Waals surface area contributed by atoms with E-state index in [0.29, 0.717) is 0 Å². The van der Waals surface area contributed by atoms with Crippen LogP contribution in [0.15, 0.2) is 35.3 Å². The summed E-state index contributed by atoms with van der Waals surface area (Å²) in [4.78, 5) is 0. The van der Waals surface area contributed by atoms with Gasteiger partial charge in [-0.25, -0.2) is 0 Å². The van der Waals surface area contributed by atoms with Crippen molar-refractivity contribution in [2.45, 2.75) is 13.8 Å². The van der Waals surface area contributed by atoms with Crippen molar-refractivity contribution in [1.82, 2.24) is 0 Å². The molecule has 66 valence electrons. The predicted octanol–water partition coefficient (Wildman–Crippen LogP) is 3.77. The summed E-state index contributed by atoms with van der Waals surface area (Å²) in [5.41, 5.74) is 3.15. The minimum Gasteiger partial charge on any atom is -0.456 e. The lowest BCUT2D eigenvalue weighted by atomic mass is 10.2. The molecule has 0 atom stereocenters. The van der Waals surface area contributed by atoms with E-state index in [0.717, 1.165) is 22.3 Å². The van der Waals surface area contributed by atoms with E-state index in [1.54, 1.807) is 0 Å². The number of rotatable bonds is 1. The van der Waals surface area contributed by atoms with Crippen molar-refractivity contribution in [1.29, 1.82) is 0 Å². The highest BCUT2D eigenvalue weighted by Gasteiger charge is 2.03. The van der Waals surface area contributed by atoms with E-state index in [9.17, 15) is 0 Å². The van der Waals surface area contributed by atoms with Crippen molar-refractivity contribution in [3.63, 3.8) is 0 Å². The van der Waals surface area contributed by atoms with Gasteiger partial charge >= 0.3 is 0 Å². The molecule has 1 aromatic carbocycles. The Morgan fingerprint density at radius 1 is 1.31 bits per heavy atom. The Balaban J connectivity index is 2.68. The summed E-state index contributed by atoms with van der Waals surface area (Å²) in [7, 11) is 0. The van der Waals surface area contributed by atoms with Gasteiger partial charge in [0.15, 0.2) is 0 Å². The van der Waals surface area contributed by atoms with Crippen LogP contribution in [0.1, 0.15) is 18.2 Å². The minimum absolute atomic E-state index is 0.876. The van der Waals surface area contributed by atoms with E-state index in [-0.39, 0.29) is 0 Å². The molecule has 1 nitrogen and oxygen atoms in total. The second-order valence-corrected chi connectivity index (χ2v) is 3.43. The third kappa shape index (κ3) is 1.37. The summed E-state index contributed by atoms with van der Waals surface area (Å²) >= 11 is 0. The van der Waals surface area contributed by atoms with Gasteiger partial charge in [-0.3, -0.25) is 0 Å². The molecular weight excluding hydrogens is 160 g/mol. The third-order valence-corrected chi connectivity index (χ3v) is 2.09. The van der Waals surface area contributed by atoms with Crippen molar-refractivity contribution < 1.29 is 4.42 Å². The van der Waals surface area contributed by atoms with E-state index in [2.05, 4.69) is 19.6 Å². The Morgan fingerprint density at radius 2 is 2.08 bits per heavy atom. The number of fused-ring (bicyclic) bond motifs is 1. The second-order valence-electron chi connectivity index (χ2n) is 3.43. The zero-order chi connectivity index (χ0) is 9.42. The van der Waals surface area contributed by atoms with Crippen molar-refractivity contribution in [2.75, 3.05) is 0 Å². The number of allylic oxidation sites excluding steroid dienone is 1. The average molecular weight is 172 g/mol. The largest absolute Gasteiger partial charge is 0.456 e. The molecule has 0 aliphatic rings. The molecule has 2 rings (SSSR count). The molecule has 1 heteroatoms. The van der Waals surface area contributed by atoms with E-state index in [1.165, 1.54) is 5.56 Å². The Morgan fingerprint density at radius 3 is 2.77 bits per heavy atom. The first-order chi connectivity index (χ1) is 6.16. The summed E-state index contributed by atoms with van der Waals surface area (Å²) in [6.07, 6.45) is 0. The normalized spacial score (nSPS) is 10.6. The van der Waals surface area contributed by atoms with Crippen LogP contribution in [-0.2, 0) is 0 Å². The first-order valence-corrected chi connectivity index (χ1v) is 4.33. The average Bonchev–Trinajstić information content (AvgIpc) is 2.46. The molecule has 0 amide bonds. The molecular formula is C12H12O. The first kappa shape index (κ1) is 8.11. The lowest BCUT2D eigenvalue weighted by Crippen LogP contribution is -1.67. The predicted molar refractivity (Wildman–Crippen MR) is 55.7 cm³/mol. The van der Waals surface area contributed by atoms with Crippen LogP contribution in [0, 0.1) is 6.92 Å². The zero-order valence-electron chi connectivity index (χ0n) is 7.92. The maximum absolute atomic E-state index is 5.58. The van der Waals surface area contributed by atoms with Gasteiger partial charge in [0.1, 0.15) is 11.3 Å². The molecule has 13 heavy (non-hydrogen) atoms. The Labute approximate surface area is 77.7 Å². The highest BCUT2D eigenvalue weighted by Crippen LogP contribution is 2.24. The van der Waals surface area contributed by atoms with E-state index < -0.39 is 0 Å². The van der Waals surface area contributed by atoms with Gasteiger partial charge in [0, 0.05) is 5.39 Å². The quantitative estimate of drug-likeness (QED) is 0.638. The van der Waals surface area contributed by atoms with Gasteiger partial charge in [-0.2, -0.15) is 0 Å². The van der Waals surface area contributed by atoms with E-state index in [1.807, 2.05) is 25.1 Å². The summed E-state index contributed by atoms with van der Waals surface area (Å²) < 4.78 is 5.58. The Bertz CT molecular complexity index is 463. The summed E-state index contributed by atoms with van der Waals surface area (Å²) in [6, 6.07) is 8.20. The van der Waals surface area contributed by atoms with Crippen molar-refractivity contribution >= 4 is 16.5 Å². The number of aryl methyl sites for hydroxylation is 1. The summed E-state index contributed by atoms with van der Waals surface area (Å²) in [5.74, 6) is 0.876. The number of hydrogen-bond donors (Lipinski definition) is 0. The molecule has 0 fully saturated rings. The van der Waals surface area contributed by atoms with E-state index in [4.69, 9.17) is 4.42 Å². The molecule has 0 aliphatic carbocycles. The highest BCUT2D eigenvalue weighted by atomic mass is 16.3. The molecule has 1 aromatic heterocycles. The van der Waals surface area contributed by atoms with Gasteiger partial charge < -0.3 is 4.42 Å². The standard InChI is InChI=1S/C12H12O/c1-8(2)12-7-10-6-9(3)4-5-11(10)13-12/h4-7H,1H2,2-3H3. The van der Waals surface area contributed by atoms with Gasteiger partial charge in [-0.15, -0.1) is 0 Å². The molecule has 0 unspecified atom stereocenters. The molecule has 0 saturated heterocycles. The van der Waals surface area contributed by atoms with Crippen LogP contribution in [0.4, 0.5) is 0 Å². The van der Waals surface area contributed by atoms with Crippen molar-refractivity contribution in [2.24, 2.45) is 0 Å². The molecule has 0 saturated carbocycles. The molecule has 0 aliphatic heterocycles.